The fourth-order valence-electron chi connectivity index (χ4n) is 2.77. The number of fused-ring (bicyclic) bond motifs is 3. The third-order valence-electron chi connectivity index (χ3n) is 4.35. The molecule has 0 N–H and O–H groups in total. The van der Waals surface area contributed by atoms with Gasteiger partial charge in [0.25, 0.3) is 0 Å². The van der Waals surface area contributed by atoms with Gasteiger partial charge in [-0.25, -0.2) is 0 Å². The van der Waals surface area contributed by atoms with Crippen molar-refractivity contribution in [1.82, 2.24) is 0 Å². The molecule has 3 heterocycles. The van der Waals surface area contributed by atoms with Gasteiger partial charge in [0.05, 0.1) is 13.1 Å². The van der Waals surface area contributed by atoms with Gasteiger partial charge < -0.3 is 8.97 Å². The Balaban J connectivity index is 2.14. The van der Waals surface area contributed by atoms with Crippen LogP contribution in [-0.2, 0) is 0 Å². The molecule has 2 nitrogen and oxygen atoms in total. The second-order valence-corrected chi connectivity index (χ2v) is 5.27. The van der Waals surface area contributed by atoms with E-state index in [9.17, 15) is 0 Å². The minimum atomic E-state index is 0.846. The molecule has 0 aromatic carbocycles. The van der Waals surface area contributed by atoms with E-state index in [-0.39, 0.29) is 0 Å². The molecule has 0 unspecified atom stereocenters. The van der Waals surface area contributed by atoms with Gasteiger partial charge >= 0.3 is 0 Å². The van der Waals surface area contributed by atoms with Crippen molar-refractivity contribution in [2.45, 2.75) is 19.9 Å². The molecule has 0 atom stereocenters. The average molecular weight is 170 g/mol. The predicted octanol–water partition coefficient (Wildman–Crippen LogP) is 0.685. The lowest BCUT2D eigenvalue weighted by molar-refractivity contribution is -1.08. The van der Waals surface area contributed by atoms with E-state index in [0.717, 1.165) is 6.04 Å². The monoisotopic (exact) mass is 170 g/mol. The van der Waals surface area contributed by atoms with E-state index in [0.29, 0.717) is 0 Å². The van der Waals surface area contributed by atoms with E-state index in [4.69, 9.17) is 0 Å². The van der Waals surface area contributed by atoms with Crippen molar-refractivity contribution in [2.24, 2.45) is 0 Å². The summed E-state index contributed by atoms with van der Waals surface area (Å²) in [5.74, 6) is 0. The zero-order chi connectivity index (χ0) is 8.82. The topological polar surface area (TPSA) is 0 Å². The molecule has 3 fully saturated rings. The fourth-order valence-corrected chi connectivity index (χ4v) is 2.77. The molecule has 3 saturated heterocycles. The van der Waals surface area contributed by atoms with E-state index in [1.54, 1.807) is 0 Å². The van der Waals surface area contributed by atoms with Crippen LogP contribution in [0.2, 0.25) is 0 Å². The Labute approximate surface area is 76.0 Å². The molecular weight excluding hydrogens is 148 g/mol. The van der Waals surface area contributed by atoms with E-state index < -0.39 is 0 Å². The largest absolute Gasteiger partial charge is 0.312 e. The van der Waals surface area contributed by atoms with Crippen LogP contribution in [0.5, 0.6) is 0 Å². The Morgan fingerprint density at radius 2 is 1.25 bits per heavy atom. The summed E-state index contributed by atoms with van der Waals surface area (Å²) in [5, 5.41) is 0. The standard InChI is InChI=1S/C10H22N2/c1-10(2)12-7-4-11(3,5-8-12)6-9-12/h10H,4-9H2,1-3H3/q+2. The first-order valence-corrected chi connectivity index (χ1v) is 5.26. The lowest BCUT2D eigenvalue weighted by atomic mass is 10.1. The summed E-state index contributed by atoms with van der Waals surface area (Å²) >= 11 is 0. The van der Waals surface area contributed by atoms with Gasteiger partial charge in [-0.15, -0.1) is 0 Å². The maximum absolute atomic E-state index is 2.42. The summed E-state index contributed by atoms with van der Waals surface area (Å²) in [5.41, 5.74) is 0. The molecule has 0 spiro atoms. The lowest BCUT2D eigenvalue weighted by Gasteiger charge is -2.55. The maximum atomic E-state index is 2.42. The highest BCUT2D eigenvalue weighted by molar-refractivity contribution is 4.62. The zero-order valence-electron chi connectivity index (χ0n) is 8.71. The number of hydrogen-bond donors (Lipinski definition) is 0. The van der Waals surface area contributed by atoms with Crippen LogP contribution in [0, 0.1) is 0 Å². The number of quaternary nitrogens is 2. The SMILES string of the molecule is CC(C)[N+]12CC[N+](C)(CC1)CC2. The molecule has 3 aliphatic heterocycles. The van der Waals surface area contributed by atoms with Gasteiger partial charge in [0.2, 0.25) is 0 Å². The summed E-state index contributed by atoms with van der Waals surface area (Å²) in [6.07, 6.45) is 0. The predicted molar refractivity (Wildman–Crippen MR) is 50.8 cm³/mol. The van der Waals surface area contributed by atoms with Crippen LogP contribution in [0.3, 0.4) is 0 Å². The Hall–Kier alpha value is -0.0800. The van der Waals surface area contributed by atoms with Crippen molar-refractivity contribution in [1.29, 1.82) is 0 Å². The van der Waals surface area contributed by atoms with Crippen LogP contribution in [0.15, 0.2) is 0 Å². The molecule has 12 heavy (non-hydrogen) atoms. The van der Waals surface area contributed by atoms with Crippen LogP contribution >= 0.6 is 0 Å². The van der Waals surface area contributed by atoms with Crippen molar-refractivity contribution in [3.05, 3.63) is 0 Å². The van der Waals surface area contributed by atoms with Crippen molar-refractivity contribution in [2.75, 3.05) is 46.3 Å². The summed E-state index contributed by atoms with van der Waals surface area (Å²) < 4.78 is 2.76. The van der Waals surface area contributed by atoms with Gasteiger partial charge in [-0.05, 0) is 13.8 Å². The van der Waals surface area contributed by atoms with Crippen LogP contribution in [0.25, 0.3) is 0 Å². The number of nitrogens with zero attached hydrogens (tertiary/aromatic N) is 2. The van der Waals surface area contributed by atoms with Gasteiger partial charge in [-0.2, -0.15) is 0 Å². The summed E-state index contributed by atoms with van der Waals surface area (Å²) in [6, 6.07) is 0.846. The summed E-state index contributed by atoms with van der Waals surface area (Å²) in [4.78, 5) is 0. The molecule has 0 amide bonds. The first-order valence-electron chi connectivity index (χ1n) is 5.26. The molecule has 0 aliphatic carbocycles. The van der Waals surface area contributed by atoms with Crippen LogP contribution in [0.4, 0.5) is 0 Å². The Morgan fingerprint density at radius 1 is 0.833 bits per heavy atom. The van der Waals surface area contributed by atoms with Gasteiger partial charge in [-0.3, -0.25) is 0 Å². The third kappa shape index (κ3) is 1.09. The molecule has 0 radical (unpaired) electrons. The van der Waals surface area contributed by atoms with E-state index in [2.05, 4.69) is 20.9 Å². The lowest BCUT2D eigenvalue weighted by Crippen LogP contribution is -2.75. The van der Waals surface area contributed by atoms with E-state index >= 15 is 0 Å². The van der Waals surface area contributed by atoms with Crippen molar-refractivity contribution < 1.29 is 8.97 Å². The Bertz CT molecular complexity index is 162. The molecular formula is C10H22N2+2. The second kappa shape index (κ2) is 2.46. The van der Waals surface area contributed by atoms with Crippen LogP contribution < -0.4 is 0 Å². The Kier molecular flexibility index (Phi) is 1.74. The van der Waals surface area contributed by atoms with Gasteiger partial charge in [-0.1, -0.05) is 0 Å². The number of piperazine rings is 3. The number of likely N-dealkylation sites (N-methyl/N-ethyl adjacent to an activating group) is 1. The summed E-state index contributed by atoms with van der Waals surface area (Å²) in [6.45, 7) is 13.3. The van der Waals surface area contributed by atoms with Gasteiger partial charge in [0.1, 0.15) is 39.3 Å². The molecule has 70 valence electrons. The van der Waals surface area contributed by atoms with Crippen molar-refractivity contribution in [3.8, 4) is 0 Å². The van der Waals surface area contributed by atoms with Crippen molar-refractivity contribution >= 4 is 0 Å². The second-order valence-electron chi connectivity index (χ2n) is 5.27. The number of hydrogen-bond acceptors (Lipinski definition) is 0. The molecule has 0 saturated carbocycles. The molecule has 3 rings (SSSR count). The fraction of sp³-hybridized carbons (Fsp3) is 1.00. The Morgan fingerprint density at radius 3 is 1.58 bits per heavy atom. The van der Waals surface area contributed by atoms with Crippen LogP contribution in [0.1, 0.15) is 13.8 Å². The normalized spacial score (nSPS) is 47.0. The molecule has 2 bridgehead atoms. The van der Waals surface area contributed by atoms with Gasteiger partial charge in [0, 0.05) is 0 Å². The first kappa shape index (κ1) is 8.52. The first-order chi connectivity index (χ1) is 5.56. The van der Waals surface area contributed by atoms with Crippen molar-refractivity contribution in [3.63, 3.8) is 0 Å². The highest BCUT2D eigenvalue weighted by Crippen LogP contribution is 2.27. The quantitative estimate of drug-likeness (QED) is 0.508. The summed E-state index contributed by atoms with van der Waals surface area (Å²) in [7, 11) is 2.42. The molecule has 2 heteroatoms. The minimum absolute atomic E-state index is 0.846. The highest BCUT2D eigenvalue weighted by atomic mass is 15.5. The highest BCUT2D eigenvalue weighted by Gasteiger charge is 2.47. The zero-order valence-corrected chi connectivity index (χ0v) is 8.71. The number of rotatable bonds is 1. The van der Waals surface area contributed by atoms with E-state index in [1.807, 2.05) is 0 Å². The smallest absolute Gasteiger partial charge is 0.129 e. The average Bonchev–Trinajstić information content (AvgIpc) is 2.06. The minimum Gasteiger partial charge on any atom is -0.312 e. The van der Waals surface area contributed by atoms with E-state index in [1.165, 1.54) is 48.2 Å². The molecule has 0 aromatic heterocycles. The maximum Gasteiger partial charge on any atom is 0.129 e. The molecule has 0 aromatic rings. The van der Waals surface area contributed by atoms with Gasteiger partial charge in [0.15, 0.2) is 0 Å². The molecule has 3 aliphatic rings. The van der Waals surface area contributed by atoms with Crippen LogP contribution in [-0.4, -0.2) is 61.3 Å². The third-order valence-corrected chi connectivity index (χ3v) is 4.35.